The van der Waals surface area contributed by atoms with Crippen LogP contribution in [0.25, 0.3) is 11.0 Å². The second-order valence-corrected chi connectivity index (χ2v) is 3.82. The van der Waals surface area contributed by atoms with Gasteiger partial charge in [-0.1, -0.05) is 0 Å². The Balaban J connectivity index is 1.92. The van der Waals surface area contributed by atoms with Crippen molar-refractivity contribution in [1.82, 2.24) is 14.5 Å². The lowest BCUT2D eigenvalue weighted by atomic mass is 10.3. The fourth-order valence-electron chi connectivity index (χ4n) is 1.91. The molecule has 0 spiro atoms. The Hall–Kier alpha value is -2.30. The number of nitrogen functional groups attached to an aromatic ring is 1. The molecule has 0 aliphatic heterocycles. The van der Waals surface area contributed by atoms with Gasteiger partial charge in [-0.15, -0.1) is 0 Å². The molecule has 0 aromatic carbocycles. The zero-order chi connectivity index (χ0) is 11.7. The van der Waals surface area contributed by atoms with E-state index in [1.165, 1.54) is 0 Å². The molecule has 3 aromatic heterocycles. The first-order chi connectivity index (χ1) is 8.34. The highest BCUT2D eigenvalue weighted by molar-refractivity contribution is 5.76. The Morgan fingerprint density at radius 2 is 2.29 bits per heavy atom. The number of imidazole rings is 1. The van der Waals surface area contributed by atoms with Gasteiger partial charge in [-0.05, 0) is 18.2 Å². The van der Waals surface area contributed by atoms with Crippen LogP contribution in [-0.2, 0) is 13.0 Å². The summed E-state index contributed by atoms with van der Waals surface area (Å²) in [5, 5.41) is 0. The highest BCUT2D eigenvalue weighted by atomic mass is 16.3. The van der Waals surface area contributed by atoms with Gasteiger partial charge in [-0.3, -0.25) is 4.98 Å². The molecule has 3 heterocycles. The first-order valence-electron chi connectivity index (χ1n) is 5.43. The Bertz CT molecular complexity index is 627. The van der Waals surface area contributed by atoms with Crippen molar-refractivity contribution in [3.05, 3.63) is 42.6 Å². The number of fused-ring (bicyclic) bond motifs is 1. The number of nitrogens with two attached hydrogens (primary N) is 1. The molecule has 0 aliphatic rings. The molecule has 3 aromatic rings. The lowest BCUT2D eigenvalue weighted by molar-refractivity contribution is 0.494. The molecule has 0 amide bonds. The molecule has 17 heavy (non-hydrogen) atoms. The normalized spacial score (nSPS) is 11.1. The van der Waals surface area contributed by atoms with E-state index in [-0.39, 0.29) is 0 Å². The molecule has 0 bridgehead atoms. The number of hydrogen-bond acceptors (Lipinski definition) is 4. The summed E-state index contributed by atoms with van der Waals surface area (Å²) < 4.78 is 7.27. The van der Waals surface area contributed by atoms with Gasteiger partial charge in [0, 0.05) is 19.2 Å². The predicted octanol–water partition coefficient (Wildman–Crippen LogP) is 1.85. The number of anilines is 1. The highest BCUT2D eigenvalue weighted by Gasteiger charge is 2.08. The van der Waals surface area contributed by atoms with E-state index in [9.17, 15) is 0 Å². The minimum atomic E-state index is 0.513. The maximum atomic E-state index is 5.89. The maximum Gasteiger partial charge on any atom is 0.201 e. The van der Waals surface area contributed by atoms with Crippen LogP contribution in [0.5, 0.6) is 0 Å². The van der Waals surface area contributed by atoms with E-state index in [1.54, 1.807) is 18.7 Å². The van der Waals surface area contributed by atoms with Gasteiger partial charge >= 0.3 is 0 Å². The molecule has 0 fully saturated rings. The Labute approximate surface area is 97.9 Å². The predicted molar refractivity (Wildman–Crippen MR) is 64.4 cm³/mol. The van der Waals surface area contributed by atoms with E-state index in [2.05, 4.69) is 9.97 Å². The van der Waals surface area contributed by atoms with Crippen molar-refractivity contribution < 1.29 is 4.42 Å². The van der Waals surface area contributed by atoms with Gasteiger partial charge in [0.25, 0.3) is 0 Å². The first-order valence-corrected chi connectivity index (χ1v) is 5.43. The molecule has 0 saturated heterocycles. The smallest absolute Gasteiger partial charge is 0.201 e. The topological polar surface area (TPSA) is 69.9 Å². The number of hydrogen-bond donors (Lipinski definition) is 1. The van der Waals surface area contributed by atoms with Crippen molar-refractivity contribution in [3.8, 4) is 0 Å². The third-order valence-electron chi connectivity index (χ3n) is 2.74. The zero-order valence-electron chi connectivity index (χ0n) is 9.21. The number of aryl methyl sites for hydroxylation is 2. The minimum absolute atomic E-state index is 0.513. The molecule has 0 saturated carbocycles. The van der Waals surface area contributed by atoms with Crippen LogP contribution in [0.4, 0.5) is 5.95 Å². The third kappa shape index (κ3) is 1.75. The summed E-state index contributed by atoms with van der Waals surface area (Å²) in [5.74, 6) is 1.46. The van der Waals surface area contributed by atoms with Gasteiger partial charge in [0.05, 0.1) is 18.0 Å². The molecule has 0 atom stereocenters. The SMILES string of the molecule is Nc1nc2cnccc2n1CCc1ccco1. The Morgan fingerprint density at radius 3 is 3.12 bits per heavy atom. The quantitative estimate of drug-likeness (QED) is 0.742. The monoisotopic (exact) mass is 228 g/mol. The van der Waals surface area contributed by atoms with Crippen molar-refractivity contribution >= 4 is 17.0 Å². The van der Waals surface area contributed by atoms with Crippen LogP contribution in [0.3, 0.4) is 0 Å². The zero-order valence-corrected chi connectivity index (χ0v) is 9.21. The molecule has 2 N–H and O–H groups in total. The third-order valence-corrected chi connectivity index (χ3v) is 2.74. The molecule has 3 rings (SSSR count). The first kappa shape index (κ1) is 9.89. The van der Waals surface area contributed by atoms with Crippen LogP contribution in [0, 0.1) is 0 Å². The summed E-state index contributed by atoms with van der Waals surface area (Å²) in [4.78, 5) is 8.29. The van der Waals surface area contributed by atoms with Gasteiger partial charge in [-0.2, -0.15) is 0 Å². The summed E-state index contributed by atoms with van der Waals surface area (Å²) in [6.45, 7) is 0.750. The van der Waals surface area contributed by atoms with Gasteiger partial charge in [0.1, 0.15) is 11.3 Å². The number of aromatic nitrogens is 3. The maximum absolute atomic E-state index is 5.89. The van der Waals surface area contributed by atoms with E-state index in [0.29, 0.717) is 5.95 Å². The van der Waals surface area contributed by atoms with Crippen molar-refractivity contribution in [2.24, 2.45) is 0 Å². The van der Waals surface area contributed by atoms with Crippen LogP contribution in [0.2, 0.25) is 0 Å². The summed E-state index contributed by atoms with van der Waals surface area (Å²) >= 11 is 0. The van der Waals surface area contributed by atoms with Crippen molar-refractivity contribution in [1.29, 1.82) is 0 Å². The molecular weight excluding hydrogens is 216 g/mol. The van der Waals surface area contributed by atoms with Crippen LogP contribution >= 0.6 is 0 Å². The second-order valence-electron chi connectivity index (χ2n) is 3.82. The fourth-order valence-corrected chi connectivity index (χ4v) is 1.91. The largest absolute Gasteiger partial charge is 0.469 e. The number of pyridine rings is 1. The van der Waals surface area contributed by atoms with Gasteiger partial charge < -0.3 is 14.7 Å². The molecular formula is C12H12N4O. The summed E-state index contributed by atoms with van der Waals surface area (Å²) in [6, 6.07) is 5.76. The van der Waals surface area contributed by atoms with Crippen LogP contribution in [0.1, 0.15) is 5.76 Å². The summed E-state index contributed by atoms with van der Waals surface area (Å²) in [6.07, 6.45) is 5.93. The number of nitrogens with zero attached hydrogens (tertiary/aromatic N) is 3. The van der Waals surface area contributed by atoms with Crippen molar-refractivity contribution in [3.63, 3.8) is 0 Å². The second kappa shape index (κ2) is 3.93. The van der Waals surface area contributed by atoms with E-state index in [1.807, 2.05) is 22.8 Å². The van der Waals surface area contributed by atoms with E-state index in [4.69, 9.17) is 10.2 Å². The van der Waals surface area contributed by atoms with E-state index in [0.717, 1.165) is 29.8 Å². The average molecular weight is 228 g/mol. The molecule has 86 valence electrons. The fraction of sp³-hybridized carbons (Fsp3) is 0.167. The highest BCUT2D eigenvalue weighted by Crippen LogP contribution is 2.17. The Kier molecular flexibility index (Phi) is 2.29. The van der Waals surface area contributed by atoms with Crippen LogP contribution < -0.4 is 5.73 Å². The Morgan fingerprint density at radius 1 is 1.35 bits per heavy atom. The van der Waals surface area contributed by atoms with Crippen molar-refractivity contribution in [2.75, 3.05) is 5.73 Å². The van der Waals surface area contributed by atoms with Crippen molar-refractivity contribution in [2.45, 2.75) is 13.0 Å². The van der Waals surface area contributed by atoms with E-state index < -0.39 is 0 Å². The summed E-state index contributed by atoms with van der Waals surface area (Å²) in [7, 11) is 0. The van der Waals surface area contributed by atoms with E-state index >= 15 is 0 Å². The van der Waals surface area contributed by atoms with Crippen LogP contribution in [0.15, 0.2) is 41.3 Å². The molecule has 0 radical (unpaired) electrons. The standard InChI is InChI=1S/C12H12N4O/c13-12-15-10-8-14-5-3-11(10)16(12)6-4-9-2-1-7-17-9/h1-3,5,7-8H,4,6H2,(H2,13,15). The van der Waals surface area contributed by atoms with Gasteiger partial charge in [0.15, 0.2) is 0 Å². The number of rotatable bonds is 3. The minimum Gasteiger partial charge on any atom is -0.469 e. The van der Waals surface area contributed by atoms with Gasteiger partial charge in [0.2, 0.25) is 5.95 Å². The number of furan rings is 1. The molecule has 5 heteroatoms. The van der Waals surface area contributed by atoms with Gasteiger partial charge in [-0.25, -0.2) is 4.98 Å². The lowest BCUT2D eigenvalue weighted by Gasteiger charge is -2.04. The van der Waals surface area contributed by atoms with Crippen LogP contribution in [-0.4, -0.2) is 14.5 Å². The summed E-state index contributed by atoms with van der Waals surface area (Å²) in [5.41, 5.74) is 7.71. The lowest BCUT2D eigenvalue weighted by Crippen LogP contribution is -2.05. The molecule has 5 nitrogen and oxygen atoms in total. The molecule has 0 unspecified atom stereocenters. The average Bonchev–Trinajstić information content (AvgIpc) is 2.93. The molecule has 0 aliphatic carbocycles.